The monoisotopic (exact) mass is 398 g/mol. The number of nitrogens with zero attached hydrogens (tertiary/aromatic N) is 2. The summed E-state index contributed by atoms with van der Waals surface area (Å²) < 4.78 is 16.1. The number of likely N-dealkylation sites (N-methyl/N-ethyl adjacent to an activating group) is 1. The number of thioether (sulfide) groups is 2. The van der Waals surface area contributed by atoms with Crippen LogP contribution in [0.15, 0.2) is 0 Å². The first-order valence-electron chi connectivity index (χ1n) is 8.17. The van der Waals surface area contributed by atoms with Crippen LogP contribution in [-0.2, 0) is 9.47 Å². The Labute approximate surface area is 158 Å². The van der Waals surface area contributed by atoms with E-state index in [9.17, 15) is 0 Å². The Hall–Kier alpha value is 1.24. The minimum Gasteiger partial charge on any atom is -0.379 e. The van der Waals surface area contributed by atoms with Crippen LogP contribution in [0.4, 0.5) is 0 Å². The summed E-state index contributed by atoms with van der Waals surface area (Å²) in [4.78, 5) is 0. The van der Waals surface area contributed by atoms with Gasteiger partial charge >= 0.3 is 0 Å². The third kappa shape index (κ3) is 10.1. The molecule has 8 heteroatoms. The molecule has 0 aliphatic carbocycles. The molecule has 2 heterocycles. The Kier molecular flexibility index (Phi) is 9.30. The van der Waals surface area contributed by atoms with E-state index in [1.54, 1.807) is 11.0 Å². The minimum atomic E-state index is 0.135. The van der Waals surface area contributed by atoms with Gasteiger partial charge in [-0.1, -0.05) is 0 Å². The van der Waals surface area contributed by atoms with Crippen molar-refractivity contribution in [2.75, 3.05) is 58.1 Å². The predicted molar refractivity (Wildman–Crippen MR) is 108 cm³/mol. The van der Waals surface area contributed by atoms with E-state index in [1.165, 1.54) is 11.5 Å². The molecule has 136 valence electrons. The van der Waals surface area contributed by atoms with Crippen LogP contribution in [0, 0.1) is 0 Å². The molecule has 2 unspecified atom stereocenters. The largest absolute Gasteiger partial charge is 0.379 e. The maximum atomic E-state index is 5.78. The van der Waals surface area contributed by atoms with Crippen molar-refractivity contribution >= 4 is 45.5 Å². The van der Waals surface area contributed by atoms with E-state index in [0.29, 0.717) is 0 Å². The van der Waals surface area contributed by atoms with E-state index >= 15 is 0 Å². The van der Waals surface area contributed by atoms with Gasteiger partial charge in [-0.3, -0.25) is 0 Å². The Balaban J connectivity index is 1.54. The van der Waals surface area contributed by atoms with Crippen LogP contribution in [0.2, 0.25) is 0 Å². The molecule has 0 aromatic rings. The summed E-state index contributed by atoms with van der Waals surface area (Å²) in [5.41, 5.74) is 0.135. The van der Waals surface area contributed by atoms with Crippen LogP contribution in [-0.4, -0.2) is 82.7 Å². The zero-order chi connectivity index (χ0) is 16.7. The van der Waals surface area contributed by atoms with Gasteiger partial charge in [-0.25, -0.2) is 8.61 Å². The smallest absolute Gasteiger partial charge is 0.0603 e. The van der Waals surface area contributed by atoms with Gasteiger partial charge in [-0.15, -0.1) is 0 Å². The average Bonchev–Trinajstić information content (AvgIpc) is 3.35. The van der Waals surface area contributed by atoms with Crippen molar-refractivity contribution in [3.63, 3.8) is 0 Å². The molecule has 0 aromatic heterocycles. The van der Waals surface area contributed by atoms with Gasteiger partial charge in [0.1, 0.15) is 0 Å². The molecule has 2 fully saturated rings. The highest BCUT2D eigenvalue weighted by Gasteiger charge is 2.25. The van der Waals surface area contributed by atoms with Crippen molar-refractivity contribution in [3.05, 3.63) is 0 Å². The molecule has 0 amide bonds. The fourth-order valence-electron chi connectivity index (χ4n) is 1.72. The van der Waals surface area contributed by atoms with Crippen molar-refractivity contribution in [2.24, 2.45) is 0 Å². The van der Waals surface area contributed by atoms with Gasteiger partial charge in [0.15, 0.2) is 0 Å². The zero-order valence-electron chi connectivity index (χ0n) is 14.7. The molecular formula is C15H30N2O2S4. The van der Waals surface area contributed by atoms with E-state index in [0.717, 1.165) is 50.0 Å². The van der Waals surface area contributed by atoms with Crippen molar-refractivity contribution in [2.45, 2.75) is 36.8 Å². The van der Waals surface area contributed by atoms with Crippen LogP contribution >= 0.6 is 45.5 Å². The zero-order valence-corrected chi connectivity index (χ0v) is 17.9. The predicted octanol–water partition coefficient (Wildman–Crippen LogP) is 3.49. The summed E-state index contributed by atoms with van der Waals surface area (Å²) in [5.74, 6) is 2.56. The van der Waals surface area contributed by atoms with Crippen LogP contribution < -0.4 is 0 Å². The molecule has 2 rings (SSSR count). The van der Waals surface area contributed by atoms with Gasteiger partial charge < -0.3 is 9.47 Å². The Bertz CT molecular complexity index is 336. The first-order chi connectivity index (χ1) is 10.9. The summed E-state index contributed by atoms with van der Waals surface area (Å²) in [6, 6.07) is 0. The van der Waals surface area contributed by atoms with Gasteiger partial charge in [0, 0.05) is 62.6 Å². The van der Waals surface area contributed by atoms with Gasteiger partial charge in [0.05, 0.1) is 26.4 Å². The quantitative estimate of drug-likeness (QED) is 0.201. The summed E-state index contributed by atoms with van der Waals surface area (Å²) in [5, 5.41) is 1.54. The van der Waals surface area contributed by atoms with Gasteiger partial charge in [0.2, 0.25) is 0 Å². The van der Waals surface area contributed by atoms with Crippen LogP contribution in [0.25, 0.3) is 0 Å². The molecular weight excluding hydrogens is 368 g/mol. The lowest BCUT2D eigenvalue weighted by Crippen LogP contribution is -2.38. The Morgan fingerprint density at radius 2 is 1.48 bits per heavy atom. The fraction of sp³-hybridized carbons (Fsp3) is 1.00. The second-order valence-corrected chi connectivity index (χ2v) is 11.8. The van der Waals surface area contributed by atoms with Crippen molar-refractivity contribution in [3.8, 4) is 0 Å². The maximum absolute atomic E-state index is 5.78. The molecule has 4 nitrogen and oxygen atoms in total. The molecule has 2 aliphatic heterocycles. The van der Waals surface area contributed by atoms with Crippen LogP contribution in [0.1, 0.15) is 20.8 Å². The third-order valence-corrected chi connectivity index (χ3v) is 8.20. The highest BCUT2D eigenvalue weighted by Crippen LogP contribution is 2.34. The molecule has 0 bridgehead atoms. The molecule has 2 aliphatic rings. The standard InChI is InChI=1S/C15H30N2O2S4/c1-15(2,3)17(6-8-19-10-14-12-21-14)23-22-16(4)5-7-18-9-13-11-20-13/h13-14H,5-12H2,1-4H3. The average molecular weight is 399 g/mol. The number of hydrogen-bond acceptors (Lipinski definition) is 8. The van der Waals surface area contributed by atoms with E-state index in [-0.39, 0.29) is 5.54 Å². The van der Waals surface area contributed by atoms with Gasteiger partial charge in [0.25, 0.3) is 0 Å². The van der Waals surface area contributed by atoms with E-state index < -0.39 is 0 Å². The first kappa shape index (κ1) is 20.6. The third-order valence-electron chi connectivity index (χ3n) is 3.40. The molecule has 2 saturated heterocycles. The number of ether oxygens (including phenoxy) is 2. The second-order valence-electron chi connectivity index (χ2n) is 6.83. The molecule has 0 N–H and O–H groups in total. The maximum Gasteiger partial charge on any atom is 0.0603 e. The highest BCUT2D eigenvalue weighted by molar-refractivity contribution is 8.74. The van der Waals surface area contributed by atoms with E-state index in [2.05, 4.69) is 36.4 Å². The lowest BCUT2D eigenvalue weighted by molar-refractivity contribution is 0.116. The number of hydrogen-bond donors (Lipinski definition) is 0. The molecule has 0 aromatic carbocycles. The highest BCUT2D eigenvalue weighted by atomic mass is 33.1. The topological polar surface area (TPSA) is 24.9 Å². The summed E-state index contributed by atoms with van der Waals surface area (Å²) in [6.07, 6.45) is 0. The molecule has 0 saturated carbocycles. The van der Waals surface area contributed by atoms with E-state index in [1.807, 2.05) is 34.5 Å². The van der Waals surface area contributed by atoms with Crippen LogP contribution in [0.5, 0.6) is 0 Å². The van der Waals surface area contributed by atoms with Crippen LogP contribution in [0.3, 0.4) is 0 Å². The lowest BCUT2D eigenvalue weighted by Gasteiger charge is -2.34. The van der Waals surface area contributed by atoms with Gasteiger partial charge in [-0.05, 0) is 27.8 Å². The van der Waals surface area contributed by atoms with Gasteiger partial charge in [-0.2, -0.15) is 23.5 Å². The Morgan fingerprint density at radius 1 is 0.957 bits per heavy atom. The van der Waals surface area contributed by atoms with E-state index in [4.69, 9.17) is 9.47 Å². The molecule has 2 atom stereocenters. The Morgan fingerprint density at radius 3 is 1.96 bits per heavy atom. The summed E-state index contributed by atoms with van der Waals surface area (Å²) in [7, 11) is 5.75. The normalized spacial score (nSPS) is 23.7. The van der Waals surface area contributed by atoms with Crippen molar-refractivity contribution in [1.82, 2.24) is 8.61 Å². The lowest BCUT2D eigenvalue weighted by atomic mass is 10.1. The van der Waals surface area contributed by atoms with Crippen molar-refractivity contribution < 1.29 is 9.47 Å². The minimum absolute atomic E-state index is 0.135. The molecule has 0 spiro atoms. The number of rotatable bonds is 13. The second kappa shape index (κ2) is 10.4. The SMILES string of the molecule is CN(CCOCC1CS1)SSN(CCOCC1CS1)C(C)(C)C. The molecule has 23 heavy (non-hydrogen) atoms. The first-order valence-corrected chi connectivity index (χ1v) is 12.3. The summed E-state index contributed by atoms with van der Waals surface area (Å²) >= 11 is 3.99. The fourth-order valence-corrected chi connectivity index (χ4v) is 4.98. The molecule has 0 radical (unpaired) electrons. The van der Waals surface area contributed by atoms with Crippen molar-refractivity contribution in [1.29, 1.82) is 0 Å². The summed E-state index contributed by atoms with van der Waals surface area (Å²) in [6.45, 7) is 12.2.